The number of thiazole rings is 1. The van der Waals surface area contributed by atoms with Crippen LogP contribution in [0.3, 0.4) is 0 Å². The number of benzene rings is 3. The number of aromatic nitrogens is 1. The van der Waals surface area contributed by atoms with Crippen LogP contribution in [0.4, 0.5) is 5.69 Å². The number of carbonyl (C=O) groups is 1. The van der Waals surface area contributed by atoms with Crippen LogP contribution in [-0.2, 0) is 16.1 Å². The number of nitrogens with zero attached hydrogens (tertiary/aromatic N) is 3. The van der Waals surface area contributed by atoms with Crippen molar-refractivity contribution in [2.75, 3.05) is 20.3 Å². The normalized spacial score (nSPS) is 14.4. The molecule has 0 saturated heterocycles. The molecule has 0 unspecified atom stereocenters. The summed E-state index contributed by atoms with van der Waals surface area (Å²) in [6.45, 7) is 5.52. The van der Waals surface area contributed by atoms with Gasteiger partial charge in [0.25, 0.3) is 11.2 Å². The van der Waals surface area contributed by atoms with Crippen molar-refractivity contribution < 1.29 is 28.7 Å². The van der Waals surface area contributed by atoms with Gasteiger partial charge in [0.15, 0.2) is 16.3 Å². The van der Waals surface area contributed by atoms with Crippen molar-refractivity contribution in [2.45, 2.75) is 33.4 Å². The first-order valence-electron chi connectivity index (χ1n) is 14.2. The highest BCUT2D eigenvalue weighted by Crippen LogP contribution is 2.43. The van der Waals surface area contributed by atoms with E-state index in [0.717, 1.165) is 22.5 Å². The van der Waals surface area contributed by atoms with Gasteiger partial charge in [0.05, 0.1) is 47.0 Å². The Kier molecular flexibility index (Phi) is 9.43. The van der Waals surface area contributed by atoms with Gasteiger partial charge in [-0.2, -0.15) is 0 Å². The molecule has 1 atom stereocenters. The largest absolute Gasteiger partial charge is 0.497 e. The van der Waals surface area contributed by atoms with E-state index in [1.807, 2.05) is 42.5 Å². The number of esters is 1. The van der Waals surface area contributed by atoms with Gasteiger partial charge in [0.1, 0.15) is 18.4 Å². The summed E-state index contributed by atoms with van der Waals surface area (Å²) in [5, 5.41) is 12.5. The van der Waals surface area contributed by atoms with Gasteiger partial charge < -0.3 is 18.9 Å². The molecule has 1 aromatic heterocycles. The van der Waals surface area contributed by atoms with Crippen molar-refractivity contribution in [3.63, 3.8) is 0 Å². The van der Waals surface area contributed by atoms with Gasteiger partial charge in [0, 0.05) is 5.70 Å². The number of nitro benzene ring substituents is 1. The number of allylic oxidation sites excluding steroid dienone is 1. The summed E-state index contributed by atoms with van der Waals surface area (Å²) in [6.07, 6.45) is 1.72. The van der Waals surface area contributed by atoms with E-state index < -0.39 is 16.9 Å². The van der Waals surface area contributed by atoms with Gasteiger partial charge in [-0.05, 0) is 56.2 Å². The molecule has 12 heteroatoms. The molecule has 0 bridgehead atoms. The standard InChI is InChI=1S/C33H31N3O8S/c1-5-42-26-17-24(25(36(39)40)18-27(26)44-19-22-10-8-7-9-11-22)30-29(32(38)43-6-2)20(3)35-31(37)28(45-33(35)34-30)16-21-12-14-23(41-4)15-13-21/h7-18,30H,5-6,19H2,1-4H3/b28-16-/t30-/m1/s1. The lowest BCUT2D eigenvalue weighted by molar-refractivity contribution is -0.385. The monoisotopic (exact) mass is 629 g/mol. The van der Waals surface area contributed by atoms with E-state index in [2.05, 4.69) is 0 Å². The van der Waals surface area contributed by atoms with Crippen LogP contribution in [0.15, 0.2) is 82.1 Å². The Morgan fingerprint density at radius 1 is 1.04 bits per heavy atom. The molecule has 3 aromatic carbocycles. The molecule has 0 aliphatic carbocycles. The molecule has 0 saturated carbocycles. The lowest BCUT2D eigenvalue weighted by Crippen LogP contribution is -2.35. The number of hydrogen-bond acceptors (Lipinski definition) is 10. The summed E-state index contributed by atoms with van der Waals surface area (Å²) in [4.78, 5) is 43.9. The van der Waals surface area contributed by atoms with E-state index in [4.69, 9.17) is 23.9 Å². The topological polar surface area (TPSA) is 131 Å². The average molecular weight is 630 g/mol. The summed E-state index contributed by atoms with van der Waals surface area (Å²) in [7, 11) is 1.57. The van der Waals surface area contributed by atoms with E-state index >= 15 is 0 Å². The van der Waals surface area contributed by atoms with E-state index in [1.165, 1.54) is 16.7 Å². The summed E-state index contributed by atoms with van der Waals surface area (Å²) in [5.41, 5.74) is 1.34. The lowest BCUT2D eigenvalue weighted by atomic mass is 9.94. The maximum Gasteiger partial charge on any atom is 0.338 e. The second-order valence-corrected chi connectivity index (χ2v) is 10.9. The van der Waals surface area contributed by atoms with E-state index in [0.29, 0.717) is 10.3 Å². The molecule has 1 aliphatic rings. The quantitative estimate of drug-likeness (QED) is 0.131. The maximum atomic E-state index is 13.6. The number of rotatable bonds is 11. The Bertz CT molecular complexity index is 1950. The SMILES string of the molecule is CCOC(=O)C1=C(C)n2c(s/c(=C\c3ccc(OC)cc3)c2=O)=N[C@@H]1c1cc(OCC)c(OCc2ccccc2)cc1[N+](=O)[O-]. The highest BCUT2D eigenvalue weighted by atomic mass is 32.1. The Labute approximate surface area is 262 Å². The molecule has 11 nitrogen and oxygen atoms in total. The third-order valence-corrected chi connectivity index (χ3v) is 8.06. The number of methoxy groups -OCH3 is 1. The molecule has 1 aliphatic heterocycles. The molecule has 0 fully saturated rings. The fourth-order valence-electron chi connectivity index (χ4n) is 4.95. The van der Waals surface area contributed by atoms with Crippen LogP contribution in [-0.4, -0.2) is 35.8 Å². The minimum atomic E-state index is -1.15. The van der Waals surface area contributed by atoms with Gasteiger partial charge >= 0.3 is 5.97 Å². The lowest BCUT2D eigenvalue weighted by Gasteiger charge is -2.23. The van der Waals surface area contributed by atoms with Crippen LogP contribution in [0.1, 0.15) is 43.5 Å². The van der Waals surface area contributed by atoms with Crippen LogP contribution in [0, 0.1) is 10.1 Å². The van der Waals surface area contributed by atoms with E-state index in [9.17, 15) is 19.7 Å². The summed E-state index contributed by atoms with van der Waals surface area (Å²) >= 11 is 1.12. The minimum Gasteiger partial charge on any atom is -0.497 e. The second-order valence-electron chi connectivity index (χ2n) is 9.88. The molecule has 45 heavy (non-hydrogen) atoms. The fourth-order valence-corrected chi connectivity index (χ4v) is 5.99. The number of carbonyl (C=O) groups excluding carboxylic acids is 1. The molecule has 5 rings (SSSR count). The zero-order valence-corrected chi connectivity index (χ0v) is 26.0. The van der Waals surface area contributed by atoms with Crippen LogP contribution in [0.5, 0.6) is 17.2 Å². The van der Waals surface area contributed by atoms with Gasteiger partial charge in [-0.15, -0.1) is 0 Å². The van der Waals surface area contributed by atoms with Gasteiger partial charge in [-0.3, -0.25) is 19.5 Å². The highest BCUT2D eigenvalue weighted by molar-refractivity contribution is 7.07. The predicted octanol–water partition coefficient (Wildman–Crippen LogP) is 4.80. The first-order valence-corrected chi connectivity index (χ1v) is 15.0. The number of nitro groups is 1. The summed E-state index contributed by atoms with van der Waals surface area (Å²) < 4.78 is 24.1. The fraction of sp³-hybridized carbons (Fsp3) is 0.242. The third-order valence-electron chi connectivity index (χ3n) is 7.07. The van der Waals surface area contributed by atoms with Crippen LogP contribution in [0.25, 0.3) is 11.8 Å². The van der Waals surface area contributed by atoms with Crippen LogP contribution in [0.2, 0.25) is 0 Å². The van der Waals surface area contributed by atoms with Crippen molar-refractivity contribution >= 4 is 34.8 Å². The zero-order chi connectivity index (χ0) is 32.1. The predicted molar refractivity (Wildman–Crippen MR) is 169 cm³/mol. The third kappa shape index (κ3) is 6.50. The molecule has 0 spiro atoms. The van der Waals surface area contributed by atoms with Crippen LogP contribution < -0.4 is 29.1 Å². The summed E-state index contributed by atoms with van der Waals surface area (Å²) in [6, 6.07) is 18.2. The molecule has 0 radical (unpaired) electrons. The number of ether oxygens (including phenoxy) is 4. The highest BCUT2D eigenvalue weighted by Gasteiger charge is 2.36. The van der Waals surface area contributed by atoms with Gasteiger partial charge in [0.2, 0.25) is 0 Å². The number of hydrogen-bond donors (Lipinski definition) is 0. The Balaban J connectivity index is 1.68. The van der Waals surface area contributed by atoms with Crippen molar-refractivity contribution in [1.82, 2.24) is 4.57 Å². The molecule has 2 heterocycles. The van der Waals surface area contributed by atoms with Crippen LogP contribution >= 0.6 is 11.3 Å². The zero-order valence-electron chi connectivity index (χ0n) is 25.1. The van der Waals surface area contributed by atoms with Crippen molar-refractivity contribution in [3.8, 4) is 17.2 Å². The molecule has 232 valence electrons. The molecular weight excluding hydrogens is 598 g/mol. The second kappa shape index (κ2) is 13.6. The number of fused-ring (bicyclic) bond motifs is 1. The molecule has 4 aromatic rings. The Morgan fingerprint density at radius 2 is 1.76 bits per heavy atom. The van der Waals surface area contributed by atoms with Gasteiger partial charge in [-0.25, -0.2) is 9.79 Å². The van der Waals surface area contributed by atoms with Crippen molar-refractivity contribution in [1.29, 1.82) is 0 Å². The molecule has 0 N–H and O–H groups in total. The minimum absolute atomic E-state index is 0.0174. The van der Waals surface area contributed by atoms with Crippen molar-refractivity contribution in [3.05, 3.63) is 119 Å². The maximum absolute atomic E-state index is 13.6. The first-order chi connectivity index (χ1) is 21.7. The Hall–Kier alpha value is -5.23. The first kappa shape index (κ1) is 31.2. The molecule has 0 amide bonds. The summed E-state index contributed by atoms with van der Waals surface area (Å²) in [5.74, 6) is 0.377. The van der Waals surface area contributed by atoms with Gasteiger partial charge in [-0.1, -0.05) is 53.8 Å². The van der Waals surface area contributed by atoms with E-state index in [1.54, 1.807) is 46.1 Å². The van der Waals surface area contributed by atoms with E-state index in [-0.39, 0.29) is 64.2 Å². The van der Waals surface area contributed by atoms with Crippen molar-refractivity contribution in [2.24, 2.45) is 4.99 Å². The smallest absolute Gasteiger partial charge is 0.338 e. The Morgan fingerprint density at radius 3 is 2.40 bits per heavy atom. The average Bonchev–Trinajstić information content (AvgIpc) is 3.35. The molecular formula is C33H31N3O8S.